The summed E-state index contributed by atoms with van der Waals surface area (Å²) in [5, 5.41) is 0. The van der Waals surface area contributed by atoms with Crippen molar-refractivity contribution in [2.75, 3.05) is 13.2 Å². The van der Waals surface area contributed by atoms with E-state index in [1.165, 1.54) is 0 Å². The molecule has 0 amide bonds. The molecular weight excluding hydrogens is 364 g/mol. The molecule has 4 nitrogen and oxygen atoms in total. The number of carbonyl (C=O) groups excluding carboxylic acids is 1. The highest BCUT2D eigenvalue weighted by Crippen LogP contribution is 2.31. The average Bonchev–Trinajstić information content (AvgIpc) is 2.69. The number of hydrogen-bond acceptors (Lipinski definition) is 4. The molecule has 2 aromatic rings. The minimum atomic E-state index is -0.103. The second-order valence-electron chi connectivity index (χ2n) is 6.38. The number of ether oxygens (including phenoxy) is 3. The molecule has 2 aromatic carbocycles. The summed E-state index contributed by atoms with van der Waals surface area (Å²) < 4.78 is 16.9. The van der Waals surface area contributed by atoms with Crippen LogP contribution < -0.4 is 14.2 Å². The summed E-state index contributed by atoms with van der Waals surface area (Å²) in [6, 6.07) is 10.8. The van der Waals surface area contributed by atoms with Gasteiger partial charge in [-0.15, -0.1) is 6.58 Å². The van der Waals surface area contributed by atoms with Crippen LogP contribution in [0.15, 0.2) is 67.5 Å². The number of hydrogen-bond donors (Lipinski definition) is 0. The van der Waals surface area contributed by atoms with Crippen molar-refractivity contribution in [1.82, 2.24) is 0 Å². The molecule has 0 aromatic heterocycles. The van der Waals surface area contributed by atoms with Gasteiger partial charge in [0.1, 0.15) is 17.2 Å². The second kappa shape index (κ2) is 10.9. The predicted molar refractivity (Wildman–Crippen MR) is 118 cm³/mol. The first-order valence-corrected chi connectivity index (χ1v) is 9.67. The Labute approximate surface area is 173 Å². The second-order valence-corrected chi connectivity index (χ2v) is 6.38. The van der Waals surface area contributed by atoms with Crippen LogP contribution in [0.25, 0.3) is 6.08 Å². The first kappa shape index (κ1) is 22.0. The number of carbonyl (C=O) groups is 1. The fraction of sp³-hybridized carbons (Fsp3) is 0.240. The van der Waals surface area contributed by atoms with Crippen molar-refractivity contribution in [3.05, 3.63) is 84.2 Å². The third kappa shape index (κ3) is 6.39. The van der Waals surface area contributed by atoms with Crippen molar-refractivity contribution < 1.29 is 19.0 Å². The Hall–Kier alpha value is -3.27. The van der Waals surface area contributed by atoms with E-state index in [0.29, 0.717) is 42.5 Å². The van der Waals surface area contributed by atoms with Gasteiger partial charge in [0.15, 0.2) is 5.78 Å². The Morgan fingerprint density at radius 2 is 1.69 bits per heavy atom. The maximum absolute atomic E-state index is 12.6. The van der Waals surface area contributed by atoms with Gasteiger partial charge in [0.25, 0.3) is 0 Å². The Balaban J connectivity index is 2.29. The number of rotatable bonds is 11. The fourth-order valence-corrected chi connectivity index (χ4v) is 2.79. The molecular formula is C25H28O4. The SMILES string of the molecule is C=CCc1cc(C=CC(=O)c2ccc(OC(=C)C)cc2)c(OCC)cc1OCC. The normalized spacial score (nSPS) is 10.6. The Morgan fingerprint density at radius 3 is 2.28 bits per heavy atom. The maximum Gasteiger partial charge on any atom is 0.185 e. The quantitative estimate of drug-likeness (QED) is 0.203. The van der Waals surface area contributed by atoms with Crippen LogP contribution in [0.3, 0.4) is 0 Å². The van der Waals surface area contributed by atoms with Crippen molar-refractivity contribution >= 4 is 11.9 Å². The van der Waals surface area contributed by atoms with Crippen LogP contribution in [0.4, 0.5) is 0 Å². The van der Waals surface area contributed by atoms with Crippen LogP contribution in [0, 0.1) is 0 Å². The molecule has 0 unspecified atom stereocenters. The highest BCUT2D eigenvalue weighted by molar-refractivity contribution is 6.07. The Kier molecular flexibility index (Phi) is 8.28. The zero-order valence-corrected chi connectivity index (χ0v) is 17.4. The Morgan fingerprint density at radius 1 is 1.03 bits per heavy atom. The van der Waals surface area contributed by atoms with Gasteiger partial charge >= 0.3 is 0 Å². The molecule has 0 spiro atoms. The van der Waals surface area contributed by atoms with Crippen LogP contribution in [0.1, 0.15) is 42.3 Å². The van der Waals surface area contributed by atoms with Gasteiger partial charge in [0.2, 0.25) is 0 Å². The van der Waals surface area contributed by atoms with E-state index in [1.54, 1.807) is 43.3 Å². The number of allylic oxidation sites excluding steroid dienone is 3. The summed E-state index contributed by atoms with van der Waals surface area (Å²) in [7, 11) is 0. The monoisotopic (exact) mass is 392 g/mol. The molecule has 0 saturated carbocycles. The van der Waals surface area contributed by atoms with Crippen LogP contribution in [-0.4, -0.2) is 19.0 Å². The van der Waals surface area contributed by atoms with E-state index in [-0.39, 0.29) is 5.78 Å². The van der Waals surface area contributed by atoms with Gasteiger partial charge in [-0.1, -0.05) is 12.7 Å². The molecule has 0 aliphatic heterocycles. The van der Waals surface area contributed by atoms with E-state index >= 15 is 0 Å². The van der Waals surface area contributed by atoms with Gasteiger partial charge in [-0.05, 0) is 75.2 Å². The van der Waals surface area contributed by atoms with Gasteiger partial charge in [-0.3, -0.25) is 4.79 Å². The lowest BCUT2D eigenvalue weighted by Crippen LogP contribution is -2.01. The first-order valence-electron chi connectivity index (χ1n) is 9.67. The van der Waals surface area contributed by atoms with E-state index in [9.17, 15) is 4.79 Å². The third-order valence-electron chi connectivity index (χ3n) is 4.00. The molecule has 0 heterocycles. The average molecular weight is 392 g/mol. The van der Waals surface area contributed by atoms with E-state index < -0.39 is 0 Å². The van der Waals surface area contributed by atoms with E-state index in [2.05, 4.69) is 13.2 Å². The minimum Gasteiger partial charge on any atom is -0.493 e. The maximum atomic E-state index is 12.6. The molecule has 0 radical (unpaired) electrons. The van der Waals surface area contributed by atoms with E-state index in [1.807, 2.05) is 32.1 Å². The summed E-state index contributed by atoms with van der Waals surface area (Å²) in [6.07, 6.45) is 5.81. The third-order valence-corrected chi connectivity index (χ3v) is 4.00. The van der Waals surface area contributed by atoms with Crippen molar-refractivity contribution in [3.8, 4) is 17.2 Å². The molecule has 4 heteroatoms. The standard InChI is InChI=1S/C25H28O4/c1-6-9-20-16-21(25(28-8-3)17-24(20)27-7-2)12-15-23(26)19-10-13-22(14-11-19)29-18(4)5/h6,10-17H,1,4,7-9H2,2-3,5H3. The van der Waals surface area contributed by atoms with Crippen LogP contribution >= 0.6 is 0 Å². The molecule has 2 rings (SSSR count). The lowest BCUT2D eigenvalue weighted by molar-refractivity contribution is 0.104. The summed E-state index contributed by atoms with van der Waals surface area (Å²) in [4.78, 5) is 12.6. The van der Waals surface area contributed by atoms with E-state index in [0.717, 1.165) is 16.9 Å². The molecule has 0 fully saturated rings. The van der Waals surface area contributed by atoms with Crippen LogP contribution in [0.5, 0.6) is 17.2 Å². The minimum absolute atomic E-state index is 0.103. The van der Waals surface area contributed by atoms with Gasteiger partial charge < -0.3 is 14.2 Å². The number of benzene rings is 2. The van der Waals surface area contributed by atoms with Gasteiger partial charge in [-0.2, -0.15) is 0 Å². The smallest absolute Gasteiger partial charge is 0.185 e. The van der Waals surface area contributed by atoms with E-state index in [4.69, 9.17) is 14.2 Å². The zero-order chi connectivity index (χ0) is 21.2. The number of ketones is 1. The van der Waals surface area contributed by atoms with Gasteiger partial charge in [0, 0.05) is 17.2 Å². The summed E-state index contributed by atoms with van der Waals surface area (Å²) in [6.45, 7) is 14.2. The summed E-state index contributed by atoms with van der Waals surface area (Å²) in [5.41, 5.74) is 2.40. The van der Waals surface area contributed by atoms with Crippen LogP contribution in [0.2, 0.25) is 0 Å². The highest BCUT2D eigenvalue weighted by atomic mass is 16.5. The van der Waals surface area contributed by atoms with Crippen molar-refractivity contribution in [2.45, 2.75) is 27.2 Å². The van der Waals surface area contributed by atoms with Crippen molar-refractivity contribution in [3.63, 3.8) is 0 Å². The summed E-state index contributed by atoms with van der Waals surface area (Å²) >= 11 is 0. The van der Waals surface area contributed by atoms with Gasteiger partial charge in [-0.25, -0.2) is 0 Å². The molecule has 0 saturated heterocycles. The van der Waals surface area contributed by atoms with Gasteiger partial charge in [0.05, 0.1) is 19.0 Å². The van der Waals surface area contributed by atoms with Crippen molar-refractivity contribution in [2.24, 2.45) is 0 Å². The van der Waals surface area contributed by atoms with Crippen LogP contribution in [-0.2, 0) is 6.42 Å². The molecule has 0 N–H and O–H groups in total. The first-order chi connectivity index (χ1) is 14.0. The highest BCUT2D eigenvalue weighted by Gasteiger charge is 2.11. The topological polar surface area (TPSA) is 44.8 Å². The largest absolute Gasteiger partial charge is 0.493 e. The molecule has 0 aliphatic carbocycles. The summed E-state index contributed by atoms with van der Waals surface area (Å²) in [5.74, 6) is 2.59. The molecule has 152 valence electrons. The zero-order valence-electron chi connectivity index (χ0n) is 17.4. The molecule has 29 heavy (non-hydrogen) atoms. The lowest BCUT2D eigenvalue weighted by atomic mass is 10.0. The fourth-order valence-electron chi connectivity index (χ4n) is 2.79. The lowest BCUT2D eigenvalue weighted by Gasteiger charge is -2.14. The molecule has 0 aliphatic rings. The van der Waals surface area contributed by atoms with Crippen molar-refractivity contribution in [1.29, 1.82) is 0 Å². The molecule has 0 atom stereocenters. The predicted octanol–water partition coefficient (Wildman–Crippen LogP) is 6.02. The Bertz CT molecular complexity index is 892. The molecule has 0 bridgehead atoms.